The number of nitrogens with one attached hydrogen (secondary N) is 1. The summed E-state index contributed by atoms with van der Waals surface area (Å²) in [6.45, 7) is 6.25. The van der Waals surface area contributed by atoms with E-state index in [1.54, 1.807) is 6.92 Å². The number of hydrogen-bond acceptors (Lipinski definition) is 3. The van der Waals surface area contributed by atoms with Crippen LogP contribution < -0.4 is 11.1 Å². The minimum absolute atomic E-state index is 0.231. The second kappa shape index (κ2) is 5.63. The summed E-state index contributed by atoms with van der Waals surface area (Å²) >= 11 is 0. The van der Waals surface area contributed by atoms with Crippen molar-refractivity contribution in [2.45, 2.75) is 38.8 Å². The van der Waals surface area contributed by atoms with Crippen molar-refractivity contribution in [3.05, 3.63) is 35.4 Å². The molecule has 0 aromatic heterocycles. The highest BCUT2D eigenvalue weighted by Crippen LogP contribution is 2.25. The molecule has 1 saturated heterocycles. The van der Waals surface area contributed by atoms with Crippen molar-refractivity contribution in [3.63, 3.8) is 0 Å². The number of nitrogens with two attached hydrogens (primary N) is 1. The van der Waals surface area contributed by atoms with Gasteiger partial charge >= 0.3 is 6.03 Å². The van der Waals surface area contributed by atoms with Gasteiger partial charge in [-0.2, -0.15) is 0 Å². The smallest absolute Gasteiger partial charge is 0.325 e. The molecule has 5 heteroatoms. The summed E-state index contributed by atoms with van der Waals surface area (Å²) in [7, 11) is 0. The van der Waals surface area contributed by atoms with E-state index in [2.05, 4.69) is 19.2 Å². The first-order valence-corrected chi connectivity index (χ1v) is 6.89. The van der Waals surface area contributed by atoms with Crippen LogP contribution in [0.1, 0.15) is 43.9 Å². The summed E-state index contributed by atoms with van der Waals surface area (Å²) < 4.78 is 0. The SMILES string of the molecule is CC(C)c1ccc(C2NC(=O)N(C(C)CN)C2=O)cc1. The van der Waals surface area contributed by atoms with Gasteiger partial charge in [-0.05, 0) is 24.0 Å². The molecule has 0 bridgehead atoms. The number of carbonyl (C=O) groups is 2. The van der Waals surface area contributed by atoms with Crippen molar-refractivity contribution < 1.29 is 9.59 Å². The fourth-order valence-corrected chi connectivity index (χ4v) is 2.32. The number of nitrogens with zero attached hydrogens (tertiary/aromatic N) is 1. The highest BCUT2D eigenvalue weighted by molar-refractivity contribution is 6.04. The maximum absolute atomic E-state index is 12.3. The molecule has 2 atom stereocenters. The van der Waals surface area contributed by atoms with E-state index in [1.165, 1.54) is 10.5 Å². The van der Waals surface area contributed by atoms with Gasteiger partial charge in [0, 0.05) is 6.54 Å². The van der Waals surface area contributed by atoms with E-state index in [0.717, 1.165) is 5.56 Å². The molecule has 0 spiro atoms. The lowest BCUT2D eigenvalue weighted by atomic mass is 9.99. The predicted molar refractivity (Wildman–Crippen MR) is 77.2 cm³/mol. The summed E-state index contributed by atoms with van der Waals surface area (Å²) in [5.74, 6) is 0.205. The monoisotopic (exact) mass is 275 g/mol. The Labute approximate surface area is 119 Å². The van der Waals surface area contributed by atoms with Gasteiger partial charge in [0.05, 0.1) is 6.04 Å². The van der Waals surface area contributed by atoms with E-state index in [0.29, 0.717) is 5.92 Å². The Morgan fingerprint density at radius 1 is 1.20 bits per heavy atom. The first-order valence-electron chi connectivity index (χ1n) is 6.89. The second-order valence-corrected chi connectivity index (χ2v) is 5.50. The lowest BCUT2D eigenvalue weighted by Crippen LogP contribution is -2.42. The van der Waals surface area contributed by atoms with Gasteiger partial charge in [0.1, 0.15) is 6.04 Å². The van der Waals surface area contributed by atoms with Crippen LogP contribution in [0.2, 0.25) is 0 Å². The Hall–Kier alpha value is -1.88. The molecular formula is C15H21N3O2. The molecule has 3 N–H and O–H groups in total. The van der Waals surface area contributed by atoms with Crippen LogP contribution in [0, 0.1) is 0 Å². The fourth-order valence-electron chi connectivity index (χ4n) is 2.32. The van der Waals surface area contributed by atoms with Gasteiger partial charge in [0.15, 0.2) is 0 Å². The van der Waals surface area contributed by atoms with Crippen molar-refractivity contribution in [1.29, 1.82) is 0 Å². The van der Waals surface area contributed by atoms with Crippen molar-refractivity contribution in [2.24, 2.45) is 5.73 Å². The van der Waals surface area contributed by atoms with Crippen LogP contribution in [0.5, 0.6) is 0 Å². The lowest BCUT2D eigenvalue weighted by Gasteiger charge is -2.19. The number of amides is 3. The molecule has 2 unspecified atom stereocenters. The van der Waals surface area contributed by atoms with Gasteiger partial charge in [-0.25, -0.2) is 4.79 Å². The first kappa shape index (κ1) is 14.5. The van der Waals surface area contributed by atoms with Crippen molar-refractivity contribution in [3.8, 4) is 0 Å². The molecule has 0 radical (unpaired) electrons. The molecule has 1 aromatic rings. The van der Waals surface area contributed by atoms with E-state index in [9.17, 15) is 9.59 Å². The molecule has 5 nitrogen and oxygen atoms in total. The zero-order valence-corrected chi connectivity index (χ0v) is 12.1. The number of carbonyl (C=O) groups excluding carboxylic acids is 2. The van der Waals surface area contributed by atoms with Crippen LogP contribution in [0.25, 0.3) is 0 Å². The molecule has 1 aliphatic rings. The number of imide groups is 1. The van der Waals surface area contributed by atoms with Gasteiger partial charge in [-0.1, -0.05) is 38.1 Å². The Balaban J connectivity index is 2.22. The molecule has 2 rings (SSSR count). The summed E-state index contributed by atoms with van der Waals surface area (Å²) in [5, 5.41) is 2.72. The summed E-state index contributed by atoms with van der Waals surface area (Å²) in [5.41, 5.74) is 7.55. The van der Waals surface area contributed by atoms with E-state index < -0.39 is 6.04 Å². The van der Waals surface area contributed by atoms with Crippen LogP contribution in [0.4, 0.5) is 4.79 Å². The number of hydrogen-bond donors (Lipinski definition) is 2. The van der Waals surface area contributed by atoms with Crippen molar-refractivity contribution >= 4 is 11.9 Å². The maximum Gasteiger partial charge on any atom is 0.325 e. The molecule has 3 amide bonds. The normalized spacial score (nSPS) is 20.4. The van der Waals surface area contributed by atoms with Crippen LogP contribution in [0.3, 0.4) is 0 Å². The van der Waals surface area contributed by atoms with Gasteiger partial charge in [-0.3, -0.25) is 9.69 Å². The lowest BCUT2D eigenvalue weighted by molar-refractivity contribution is -0.128. The Morgan fingerprint density at radius 3 is 2.30 bits per heavy atom. The van der Waals surface area contributed by atoms with Crippen LogP contribution in [-0.4, -0.2) is 29.4 Å². The number of benzene rings is 1. The van der Waals surface area contributed by atoms with Crippen LogP contribution in [-0.2, 0) is 4.79 Å². The fraction of sp³-hybridized carbons (Fsp3) is 0.467. The van der Waals surface area contributed by atoms with Gasteiger partial charge in [-0.15, -0.1) is 0 Å². The van der Waals surface area contributed by atoms with E-state index in [-0.39, 0.29) is 24.5 Å². The standard InChI is InChI=1S/C15H21N3O2/c1-9(2)11-4-6-12(7-5-11)13-14(19)18(10(3)8-16)15(20)17-13/h4-7,9-10,13H,8,16H2,1-3H3,(H,17,20). The highest BCUT2D eigenvalue weighted by Gasteiger charge is 2.40. The third-order valence-electron chi connectivity index (χ3n) is 3.69. The Morgan fingerprint density at radius 2 is 1.80 bits per heavy atom. The Kier molecular flexibility index (Phi) is 4.09. The average molecular weight is 275 g/mol. The molecule has 1 aromatic carbocycles. The van der Waals surface area contributed by atoms with Crippen LogP contribution in [0.15, 0.2) is 24.3 Å². The molecule has 1 fully saturated rings. The predicted octanol–water partition coefficient (Wildman–Crippen LogP) is 1.75. The number of rotatable bonds is 4. The highest BCUT2D eigenvalue weighted by atomic mass is 16.2. The topological polar surface area (TPSA) is 75.4 Å². The van der Waals surface area contributed by atoms with E-state index in [1.807, 2.05) is 24.3 Å². The summed E-state index contributed by atoms with van der Waals surface area (Å²) in [6, 6.07) is 6.53. The largest absolute Gasteiger partial charge is 0.328 e. The van der Waals surface area contributed by atoms with Crippen molar-refractivity contribution in [2.75, 3.05) is 6.54 Å². The summed E-state index contributed by atoms with van der Waals surface area (Å²) in [6.07, 6.45) is 0. The second-order valence-electron chi connectivity index (χ2n) is 5.50. The van der Waals surface area contributed by atoms with E-state index >= 15 is 0 Å². The van der Waals surface area contributed by atoms with E-state index in [4.69, 9.17) is 5.73 Å². The van der Waals surface area contributed by atoms with Gasteiger partial charge in [0.2, 0.25) is 0 Å². The zero-order valence-electron chi connectivity index (χ0n) is 12.1. The van der Waals surface area contributed by atoms with Gasteiger partial charge in [0.25, 0.3) is 5.91 Å². The quantitative estimate of drug-likeness (QED) is 0.822. The first-order chi connectivity index (χ1) is 9.45. The Bertz CT molecular complexity index is 510. The molecular weight excluding hydrogens is 254 g/mol. The molecule has 1 aliphatic heterocycles. The maximum atomic E-state index is 12.3. The average Bonchev–Trinajstić information content (AvgIpc) is 2.73. The molecule has 20 heavy (non-hydrogen) atoms. The van der Waals surface area contributed by atoms with Crippen molar-refractivity contribution in [1.82, 2.24) is 10.2 Å². The minimum atomic E-state index is -0.599. The third-order valence-corrected chi connectivity index (χ3v) is 3.69. The number of urea groups is 1. The third kappa shape index (κ3) is 2.54. The minimum Gasteiger partial charge on any atom is -0.328 e. The van der Waals surface area contributed by atoms with Crippen LogP contribution >= 0.6 is 0 Å². The molecule has 0 saturated carbocycles. The zero-order chi connectivity index (χ0) is 14.9. The van der Waals surface area contributed by atoms with Gasteiger partial charge < -0.3 is 11.1 Å². The molecule has 1 heterocycles. The summed E-state index contributed by atoms with van der Waals surface area (Å²) in [4.78, 5) is 25.4. The molecule has 108 valence electrons. The molecule has 0 aliphatic carbocycles.